The van der Waals surface area contributed by atoms with Crippen molar-refractivity contribution >= 4 is 27.7 Å². The number of halogens is 1. The molecule has 0 spiro atoms. The van der Waals surface area contributed by atoms with Gasteiger partial charge in [-0.15, -0.1) is 0 Å². The second-order valence-corrected chi connectivity index (χ2v) is 4.92. The van der Waals surface area contributed by atoms with Crippen LogP contribution in [-0.4, -0.2) is 30.1 Å². The predicted molar refractivity (Wildman–Crippen MR) is 67.6 cm³/mol. The molecule has 1 fully saturated rings. The quantitative estimate of drug-likeness (QED) is 0.856. The number of carbonyl (C=O) groups excluding carboxylic acids is 1. The first-order valence-electron chi connectivity index (χ1n) is 5.35. The Labute approximate surface area is 108 Å². The largest absolute Gasteiger partial charge is 0.379 e. The summed E-state index contributed by atoms with van der Waals surface area (Å²) in [6.45, 7) is 2.68. The zero-order chi connectivity index (χ0) is 12.4. The van der Waals surface area contributed by atoms with E-state index in [1.807, 2.05) is 13.0 Å². The minimum Gasteiger partial charge on any atom is -0.379 e. The van der Waals surface area contributed by atoms with Crippen molar-refractivity contribution in [2.45, 2.75) is 13.0 Å². The summed E-state index contributed by atoms with van der Waals surface area (Å²) < 4.78 is 6.07. The van der Waals surface area contributed by atoms with Gasteiger partial charge in [0.25, 0.3) is 0 Å². The first kappa shape index (κ1) is 12.5. The lowest BCUT2D eigenvalue weighted by Gasteiger charge is -2.13. The number of ether oxygens (including phenoxy) is 1. The number of amides is 1. The van der Waals surface area contributed by atoms with Crippen molar-refractivity contribution in [1.29, 1.82) is 0 Å². The Morgan fingerprint density at radius 3 is 2.94 bits per heavy atom. The fraction of sp³-hybridized carbons (Fsp3) is 0.455. The van der Waals surface area contributed by atoms with Gasteiger partial charge in [0.2, 0.25) is 5.91 Å². The monoisotopic (exact) mass is 299 g/mol. The van der Waals surface area contributed by atoms with Gasteiger partial charge in [-0.1, -0.05) is 0 Å². The van der Waals surface area contributed by atoms with Crippen LogP contribution in [0.2, 0.25) is 0 Å². The van der Waals surface area contributed by atoms with Crippen LogP contribution in [-0.2, 0) is 9.53 Å². The normalized spacial score (nSPS) is 23.7. The van der Waals surface area contributed by atoms with Crippen molar-refractivity contribution in [3.63, 3.8) is 0 Å². The Bertz CT molecular complexity index is 439. The molecule has 1 aromatic rings. The number of hydrogen-bond donors (Lipinski definition) is 2. The van der Waals surface area contributed by atoms with E-state index in [2.05, 4.69) is 26.2 Å². The van der Waals surface area contributed by atoms with Gasteiger partial charge in [0.15, 0.2) is 0 Å². The van der Waals surface area contributed by atoms with Gasteiger partial charge in [0, 0.05) is 10.5 Å². The lowest BCUT2D eigenvalue weighted by Crippen LogP contribution is -2.37. The highest BCUT2D eigenvalue weighted by Gasteiger charge is 2.31. The minimum absolute atomic E-state index is 0.135. The number of hydrogen-bond acceptors (Lipinski definition) is 4. The number of aryl methyl sites for hydroxylation is 1. The summed E-state index contributed by atoms with van der Waals surface area (Å²) in [7, 11) is 0. The van der Waals surface area contributed by atoms with Crippen LogP contribution in [0.4, 0.5) is 5.82 Å². The summed E-state index contributed by atoms with van der Waals surface area (Å²) in [5.74, 6) is 0.111. The Morgan fingerprint density at radius 2 is 2.35 bits per heavy atom. The van der Waals surface area contributed by atoms with Gasteiger partial charge in [-0.25, -0.2) is 4.98 Å². The topological polar surface area (TPSA) is 77.2 Å². The van der Waals surface area contributed by atoms with E-state index < -0.39 is 0 Å². The lowest BCUT2D eigenvalue weighted by atomic mass is 10.0. The second-order valence-electron chi connectivity index (χ2n) is 4.06. The van der Waals surface area contributed by atoms with E-state index in [0.29, 0.717) is 19.0 Å². The number of anilines is 1. The molecule has 1 amide bonds. The Kier molecular flexibility index (Phi) is 3.76. The maximum absolute atomic E-state index is 11.9. The number of aromatic nitrogens is 1. The molecule has 0 saturated carbocycles. The number of pyridine rings is 1. The van der Waals surface area contributed by atoms with Crippen LogP contribution in [0.25, 0.3) is 0 Å². The van der Waals surface area contributed by atoms with Crippen LogP contribution in [0.15, 0.2) is 16.6 Å². The molecular formula is C11H14BrN3O2. The van der Waals surface area contributed by atoms with Gasteiger partial charge in [-0.3, -0.25) is 4.79 Å². The third kappa shape index (κ3) is 2.83. The van der Waals surface area contributed by atoms with Crippen molar-refractivity contribution in [1.82, 2.24) is 4.98 Å². The third-order valence-electron chi connectivity index (χ3n) is 2.73. The SMILES string of the molecule is Cc1nc(NC(=O)C2COCC2N)ccc1Br. The van der Waals surface area contributed by atoms with Gasteiger partial charge in [-0.2, -0.15) is 0 Å². The number of carbonyl (C=O) groups is 1. The molecular weight excluding hydrogens is 286 g/mol. The lowest BCUT2D eigenvalue weighted by molar-refractivity contribution is -0.120. The van der Waals surface area contributed by atoms with Crippen molar-refractivity contribution in [2.75, 3.05) is 18.5 Å². The van der Waals surface area contributed by atoms with Gasteiger partial charge < -0.3 is 15.8 Å². The molecule has 2 heterocycles. The minimum atomic E-state index is -0.291. The molecule has 92 valence electrons. The average Bonchev–Trinajstić information content (AvgIpc) is 2.70. The van der Waals surface area contributed by atoms with Crippen molar-refractivity contribution in [3.05, 3.63) is 22.3 Å². The summed E-state index contributed by atoms with van der Waals surface area (Å²) in [6.07, 6.45) is 0. The highest BCUT2D eigenvalue weighted by atomic mass is 79.9. The van der Waals surface area contributed by atoms with Crippen LogP contribution in [0.1, 0.15) is 5.69 Å². The van der Waals surface area contributed by atoms with Crippen LogP contribution in [0, 0.1) is 12.8 Å². The zero-order valence-corrected chi connectivity index (χ0v) is 11.0. The first-order chi connectivity index (χ1) is 8.08. The molecule has 0 radical (unpaired) electrons. The Morgan fingerprint density at radius 1 is 1.59 bits per heavy atom. The molecule has 3 N–H and O–H groups in total. The van der Waals surface area contributed by atoms with Gasteiger partial charge >= 0.3 is 0 Å². The fourth-order valence-corrected chi connectivity index (χ4v) is 1.89. The Hall–Kier alpha value is -0.980. The van der Waals surface area contributed by atoms with Gasteiger partial charge in [-0.05, 0) is 35.0 Å². The maximum Gasteiger partial charge on any atom is 0.232 e. The number of nitrogens with two attached hydrogens (primary N) is 1. The average molecular weight is 300 g/mol. The number of nitrogens with one attached hydrogen (secondary N) is 1. The standard InChI is InChI=1S/C11H14BrN3O2/c1-6-8(12)2-3-10(14-6)15-11(16)7-4-17-5-9(7)13/h2-3,7,9H,4-5,13H2,1H3,(H,14,15,16). The van der Waals surface area contributed by atoms with E-state index >= 15 is 0 Å². The summed E-state index contributed by atoms with van der Waals surface area (Å²) >= 11 is 3.36. The highest BCUT2D eigenvalue weighted by Crippen LogP contribution is 2.18. The predicted octanol–water partition coefficient (Wildman–Crippen LogP) is 1.06. The molecule has 5 nitrogen and oxygen atoms in total. The van der Waals surface area contributed by atoms with Crippen LogP contribution < -0.4 is 11.1 Å². The first-order valence-corrected chi connectivity index (χ1v) is 6.14. The molecule has 1 aliphatic heterocycles. The van der Waals surface area contributed by atoms with Crippen LogP contribution >= 0.6 is 15.9 Å². The maximum atomic E-state index is 11.9. The molecule has 1 aliphatic rings. The summed E-state index contributed by atoms with van der Waals surface area (Å²) in [6, 6.07) is 3.37. The number of rotatable bonds is 2. The molecule has 1 aromatic heterocycles. The summed E-state index contributed by atoms with van der Waals surface area (Å²) in [5, 5.41) is 2.75. The van der Waals surface area contributed by atoms with E-state index in [0.717, 1.165) is 10.2 Å². The molecule has 1 saturated heterocycles. The molecule has 0 aliphatic carbocycles. The van der Waals surface area contributed by atoms with E-state index in [1.165, 1.54) is 0 Å². The highest BCUT2D eigenvalue weighted by molar-refractivity contribution is 9.10. The van der Waals surface area contributed by atoms with E-state index in [4.69, 9.17) is 10.5 Å². The van der Waals surface area contributed by atoms with Gasteiger partial charge in [0.05, 0.1) is 24.8 Å². The van der Waals surface area contributed by atoms with E-state index in [1.54, 1.807) is 6.07 Å². The molecule has 6 heteroatoms. The van der Waals surface area contributed by atoms with Crippen molar-refractivity contribution < 1.29 is 9.53 Å². The number of nitrogens with zero attached hydrogens (tertiary/aromatic N) is 1. The fourth-order valence-electron chi connectivity index (χ4n) is 1.67. The van der Waals surface area contributed by atoms with Crippen LogP contribution in [0.5, 0.6) is 0 Å². The molecule has 0 bridgehead atoms. The summed E-state index contributed by atoms with van der Waals surface area (Å²) in [5.41, 5.74) is 6.60. The van der Waals surface area contributed by atoms with Crippen molar-refractivity contribution in [2.24, 2.45) is 11.7 Å². The van der Waals surface area contributed by atoms with Crippen molar-refractivity contribution in [3.8, 4) is 0 Å². The van der Waals surface area contributed by atoms with Crippen LogP contribution in [0.3, 0.4) is 0 Å². The molecule has 2 unspecified atom stereocenters. The summed E-state index contributed by atoms with van der Waals surface area (Å²) in [4.78, 5) is 16.1. The smallest absolute Gasteiger partial charge is 0.232 e. The molecule has 0 aromatic carbocycles. The third-order valence-corrected chi connectivity index (χ3v) is 3.57. The van der Waals surface area contributed by atoms with E-state index in [-0.39, 0.29) is 17.9 Å². The molecule has 17 heavy (non-hydrogen) atoms. The van der Waals surface area contributed by atoms with E-state index in [9.17, 15) is 4.79 Å². The Balaban J connectivity index is 2.05. The molecule has 2 atom stereocenters. The second kappa shape index (κ2) is 5.12. The zero-order valence-electron chi connectivity index (χ0n) is 9.44. The van der Waals surface area contributed by atoms with Gasteiger partial charge in [0.1, 0.15) is 5.82 Å². The molecule has 2 rings (SSSR count).